The van der Waals surface area contributed by atoms with Crippen LogP contribution in [0.15, 0.2) is 35.2 Å². The molecule has 0 heterocycles. The van der Waals surface area contributed by atoms with E-state index in [1.807, 2.05) is 0 Å². The molecule has 0 fully saturated rings. The molecule has 0 radical (unpaired) electrons. The minimum atomic E-state index is -3.56. The van der Waals surface area contributed by atoms with Crippen LogP contribution in [0.4, 0.5) is 0 Å². The van der Waals surface area contributed by atoms with Crippen molar-refractivity contribution in [2.24, 2.45) is 5.84 Å². The maximum atomic E-state index is 12.1. The van der Waals surface area contributed by atoms with E-state index in [0.717, 1.165) is 30.5 Å². The van der Waals surface area contributed by atoms with E-state index in [2.05, 4.69) is 18.7 Å². The third-order valence-electron chi connectivity index (χ3n) is 3.10. The van der Waals surface area contributed by atoms with Crippen LogP contribution in [0.25, 0.3) is 0 Å². The quantitative estimate of drug-likeness (QED) is 0.577. The van der Waals surface area contributed by atoms with Crippen molar-refractivity contribution in [1.29, 1.82) is 0 Å². The molecule has 1 aromatic rings. The highest BCUT2D eigenvalue weighted by Crippen LogP contribution is 2.12. The lowest BCUT2D eigenvalue weighted by Gasteiger charge is -2.20. The number of nitrogens with zero attached hydrogens (tertiary/aromatic N) is 2. The molecule has 0 aliphatic heterocycles. The van der Waals surface area contributed by atoms with Gasteiger partial charge in [-0.2, -0.15) is 0 Å². The lowest BCUT2D eigenvalue weighted by molar-refractivity contribution is 0.284. The Balaban J connectivity index is 2.56. The fourth-order valence-electron chi connectivity index (χ4n) is 1.84. The number of hydrogen-bond acceptors (Lipinski definition) is 4. The van der Waals surface area contributed by atoms with E-state index in [4.69, 9.17) is 5.84 Å². The summed E-state index contributed by atoms with van der Waals surface area (Å²) in [7, 11) is -3.56. The Kier molecular flexibility index (Phi) is 6.44. The normalized spacial score (nSPS) is 12.3. The third-order valence-corrected chi connectivity index (χ3v) is 4.76. The third kappa shape index (κ3) is 4.58. The average Bonchev–Trinajstić information content (AvgIpc) is 2.44. The summed E-state index contributed by atoms with van der Waals surface area (Å²) in [6.45, 7) is 7.28. The number of sulfonamides is 1. The van der Waals surface area contributed by atoms with Crippen molar-refractivity contribution < 1.29 is 8.42 Å². The first-order chi connectivity index (χ1) is 9.02. The van der Waals surface area contributed by atoms with Crippen molar-refractivity contribution >= 4 is 10.0 Å². The summed E-state index contributed by atoms with van der Waals surface area (Å²) in [6.07, 6.45) is 0.726. The van der Waals surface area contributed by atoms with Gasteiger partial charge in [0.1, 0.15) is 0 Å². The van der Waals surface area contributed by atoms with Crippen LogP contribution in [0.5, 0.6) is 0 Å². The van der Waals surface area contributed by atoms with E-state index >= 15 is 0 Å². The second kappa shape index (κ2) is 7.59. The maximum Gasteiger partial charge on any atom is 0.255 e. The first kappa shape index (κ1) is 16.1. The van der Waals surface area contributed by atoms with E-state index in [0.29, 0.717) is 6.54 Å². The maximum absolute atomic E-state index is 12.1. The van der Waals surface area contributed by atoms with Crippen LogP contribution in [0, 0.1) is 0 Å². The monoisotopic (exact) mass is 285 g/mol. The summed E-state index contributed by atoms with van der Waals surface area (Å²) in [4.78, 5) is 2.48. The molecule has 2 N–H and O–H groups in total. The minimum absolute atomic E-state index is 0.236. The highest BCUT2D eigenvalue weighted by molar-refractivity contribution is 7.89. The van der Waals surface area contributed by atoms with E-state index < -0.39 is 10.0 Å². The van der Waals surface area contributed by atoms with Gasteiger partial charge in [-0.15, -0.1) is 4.41 Å². The molecule has 0 atom stereocenters. The van der Waals surface area contributed by atoms with Crippen molar-refractivity contribution in [2.45, 2.75) is 25.2 Å². The second-order valence-electron chi connectivity index (χ2n) is 4.31. The van der Waals surface area contributed by atoms with Crippen molar-refractivity contribution in [3.05, 3.63) is 30.3 Å². The van der Waals surface area contributed by atoms with Gasteiger partial charge in [0, 0.05) is 6.54 Å². The van der Waals surface area contributed by atoms with Crippen molar-refractivity contribution in [2.75, 3.05) is 26.2 Å². The Morgan fingerprint density at radius 1 is 1.05 bits per heavy atom. The van der Waals surface area contributed by atoms with Gasteiger partial charge in [-0.1, -0.05) is 32.0 Å². The Morgan fingerprint density at radius 2 is 1.63 bits per heavy atom. The number of nitrogens with two attached hydrogens (primary N) is 1. The molecule has 1 aromatic carbocycles. The number of hydrazine groups is 1. The highest BCUT2D eigenvalue weighted by atomic mass is 32.2. The van der Waals surface area contributed by atoms with Gasteiger partial charge in [-0.05, 0) is 38.2 Å². The first-order valence-corrected chi connectivity index (χ1v) is 8.01. The zero-order valence-electron chi connectivity index (χ0n) is 11.6. The smallest absolute Gasteiger partial charge is 0.255 e. The molecule has 108 valence electrons. The van der Waals surface area contributed by atoms with E-state index in [9.17, 15) is 8.42 Å². The van der Waals surface area contributed by atoms with Crippen LogP contribution < -0.4 is 5.84 Å². The van der Waals surface area contributed by atoms with Crippen LogP contribution in [-0.4, -0.2) is 43.9 Å². The summed E-state index contributed by atoms with van der Waals surface area (Å²) in [6, 6.07) is 8.27. The summed E-state index contributed by atoms with van der Waals surface area (Å²) >= 11 is 0. The average molecular weight is 285 g/mol. The molecule has 0 unspecified atom stereocenters. The van der Waals surface area contributed by atoms with Crippen LogP contribution in [0.3, 0.4) is 0 Å². The van der Waals surface area contributed by atoms with E-state index in [-0.39, 0.29) is 4.90 Å². The van der Waals surface area contributed by atoms with Crippen LogP contribution in [0.2, 0.25) is 0 Å². The summed E-state index contributed by atoms with van der Waals surface area (Å²) in [5.74, 6) is 5.68. The molecule has 1 rings (SSSR count). The van der Waals surface area contributed by atoms with E-state index in [1.54, 1.807) is 30.3 Å². The van der Waals surface area contributed by atoms with Gasteiger partial charge in [0.2, 0.25) is 0 Å². The molecule has 5 nitrogen and oxygen atoms in total. The fourth-order valence-corrected chi connectivity index (χ4v) is 2.98. The van der Waals surface area contributed by atoms with Gasteiger partial charge in [-0.3, -0.25) is 5.84 Å². The zero-order valence-corrected chi connectivity index (χ0v) is 12.4. The molecule has 0 saturated carbocycles. The Bertz CT molecular complexity index is 458. The van der Waals surface area contributed by atoms with Crippen LogP contribution >= 0.6 is 0 Å². The van der Waals surface area contributed by atoms with Gasteiger partial charge in [0.25, 0.3) is 10.0 Å². The van der Waals surface area contributed by atoms with E-state index in [1.165, 1.54) is 0 Å². The lowest BCUT2D eigenvalue weighted by atomic mass is 10.4. The standard InChI is InChI=1S/C13H23N3O2S/c1-3-15(4-2)11-8-12-16(14)19(17,18)13-9-6-5-7-10-13/h5-7,9-10H,3-4,8,11-12,14H2,1-2H3. The fraction of sp³-hybridized carbons (Fsp3) is 0.538. The van der Waals surface area contributed by atoms with Crippen molar-refractivity contribution in [1.82, 2.24) is 9.31 Å². The Morgan fingerprint density at radius 3 is 2.16 bits per heavy atom. The summed E-state index contributed by atoms with van der Waals surface area (Å²) in [5, 5.41) is 0. The summed E-state index contributed by atoms with van der Waals surface area (Å²) < 4.78 is 25.2. The Hall–Kier alpha value is -0.950. The van der Waals surface area contributed by atoms with Crippen molar-refractivity contribution in [3.8, 4) is 0 Å². The van der Waals surface area contributed by atoms with Gasteiger partial charge in [0.05, 0.1) is 4.90 Å². The molecule has 0 saturated heterocycles. The van der Waals surface area contributed by atoms with Gasteiger partial charge < -0.3 is 4.90 Å². The molecule has 0 bridgehead atoms. The molecule has 0 aliphatic rings. The SMILES string of the molecule is CCN(CC)CCCN(N)S(=O)(=O)c1ccccc1. The predicted molar refractivity (Wildman–Crippen MR) is 76.9 cm³/mol. The minimum Gasteiger partial charge on any atom is -0.304 e. The largest absolute Gasteiger partial charge is 0.304 e. The number of hydrogen-bond donors (Lipinski definition) is 1. The van der Waals surface area contributed by atoms with Crippen molar-refractivity contribution in [3.63, 3.8) is 0 Å². The Labute approximate surface area is 116 Å². The molecule has 19 heavy (non-hydrogen) atoms. The highest BCUT2D eigenvalue weighted by Gasteiger charge is 2.20. The first-order valence-electron chi connectivity index (χ1n) is 6.57. The van der Waals surface area contributed by atoms with Gasteiger partial charge >= 0.3 is 0 Å². The molecule has 6 heteroatoms. The van der Waals surface area contributed by atoms with Gasteiger partial charge in [0.15, 0.2) is 0 Å². The summed E-state index contributed by atoms with van der Waals surface area (Å²) in [5.41, 5.74) is 0. The second-order valence-corrected chi connectivity index (χ2v) is 6.20. The van der Waals surface area contributed by atoms with Crippen LogP contribution in [0.1, 0.15) is 20.3 Å². The van der Waals surface area contributed by atoms with Gasteiger partial charge in [-0.25, -0.2) is 8.42 Å². The predicted octanol–water partition coefficient (Wildman–Crippen LogP) is 1.28. The molecule has 0 amide bonds. The number of benzene rings is 1. The molecule has 0 aromatic heterocycles. The topological polar surface area (TPSA) is 66.6 Å². The molecular formula is C13H23N3O2S. The molecular weight excluding hydrogens is 262 g/mol. The number of rotatable bonds is 8. The molecule has 0 aliphatic carbocycles. The lowest BCUT2D eigenvalue weighted by Crippen LogP contribution is -2.39. The van der Waals surface area contributed by atoms with Crippen LogP contribution in [-0.2, 0) is 10.0 Å². The zero-order chi connectivity index (χ0) is 14.3. The molecule has 0 spiro atoms.